The number of nitrogens with zero attached hydrogens (tertiary/aromatic N) is 3. The standard InChI is InChI=1S/C19H23N3O3/c1-3-12-24-17-6-4-16(5-7-17)19(23)22-10-8-21(9-11-22)14-18-13-15(2)20-25-18/h3-7,13H,1,8-12,14H2,2H3. The van der Waals surface area contributed by atoms with Crippen LogP contribution in [0.2, 0.25) is 0 Å². The maximum absolute atomic E-state index is 12.6. The van der Waals surface area contributed by atoms with E-state index in [9.17, 15) is 4.79 Å². The number of carbonyl (C=O) groups is 1. The molecule has 1 aliphatic heterocycles. The lowest BCUT2D eigenvalue weighted by atomic mass is 10.1. The van der Waals surface area contributed by atoms with Gasteiger partial charge in [-0.15, -0.1) is 0 Å². The number of carbonyl (C=O) groups excluding carboxylic acids is 1. The first-order valence-corrected chi connectivity index (χ1v) is 8.43. The third-order valence-corrected chi connectivity index (χ3v) is 4.18. The van der Waals surface area contributed by atoms with Gasteiger partial charge in [-0.05, 0) is 31.2 Å². The van der Waals surface area contributed by atoms with Gasteiger partial charge >= 0.3 is 0 Å². The molecular formula is C19H23N3O3. The molecule has 0 radical (unpaired) electrons. The molecule has 1 aliphatic rings. The van der Waals surface area contributed by atoms with Gasteiger partial charge in [0.15, 0.2) is 5.76 Å². The van der Waals surface area contributed by atoms with Gasteiger partial charge in [0.25, 0.3) is 5.91 Å². The summed E-state index contributed by atoms with van der Waals surface area (Å²) in [7, 11) is 0. The summed E-state index contributed by atoms with van der Waals surface area (Å²) in [5, 5.41) is 3.91. The van der Waals surface area contributed by atoms with Crippen LogP contribution in [0, 0.1) is 6.92 Å². The summed E-state index contributed by atoms with van der Waals surface area (Å²) in [5.41, 5.74) is 1.58. The molecule has 132 valence electrons. The van der Waals surface area contributed by atoms with Crippen LogP contribution in [0.5, 0.6) is 5.75 Å². The zero-order valence-electron chi connectivity index (χ0n) is 14.5. The highest BCUT2D eigenvalue weighted by molar-refractivity contribution is 5.94. The predicted octanol–water partition coefficient (Wildman–Crippen LogP) is 2.51. The van der Waals surface area contributed by atoms with Gasteiger partial charge in [-0.1, -0.05) is 17.8 Å². The van der Waals surface area contributed by atoms with Gasteiger partial charge in [-0.25, -0.2) is 0 Å². The summed E-state index contributed by atoms with van der Waals surface area (Å²) in [6, 6.07) is 9.21. The van der Waals surface area contributed by atoms with E-state index in [0.717, 1.165) is 36.8 Å². The second kappa shape index (κ2) is 7.98. The zero-order valence-corrected chi connectivity index (χ0v) is 14.5. The van der Waals surface area contributed by atoms with Crippen molar-refractivity contribution in [2.45, 2.75) is 13.5 Å². The molecule has 2 aromatic rings. The molecule has 0 atom stereocenters. The molecule has 0 spiro atoms. The number of aryl methyl sites for hydroxylation is 1. The van der Waals surface area contributed by atoms with E-state index >= 15 is 0 Å². The first-order chi connectivity index (χ1) is 12.2. The Morgan fingerprint density at radius 3 is 2.60 bits per heavy atom. The average molecular weight is 341 g/mol. The van der Waals surface area contributed by atoms with E-state index in [4.69, 9.17) is 9.26 Å². The van der Waals surface area contributed by atoms with Crippen LogP contribution in [-0.2, 0) is 6.54 Å². The third-order valence-electron chi connectivity index (χ3n) is 4.18. The van der Waals surface area contributed by atoms with Crippen LogP contribution in [0.15, 0.2) is 47.5 Å². The Hall–Kier alpha value is -2.60. The van der Waals surface area contributed by atoms with Gasteiger partial charge < -0.3 is 14.2 Å². The Balaban J connectivity index is 1.51. The summed E-state index contributed by atoms with van der Waals surface area (Å²) in [6.45, 7) is 9.79. The number of rotatable bonds is 6. The molecule has 0 bridgehead atoms. The molecule has 1 amide bonds. The van der Waals surface area contributed by atoms with Crippen molar-refractivity contribution in [3.8, 4) is 5.75 Å². The Bertz CT molecular complexity index is 716. The van der Waals surface area contributed by atoms with Gasteiger partial charge in [0.05, 0.1) is 12.2 Å². The van der Waals surface area contributed by atoms with Crippen LogP contribution in [0.3, 0.4) is 0 Å². The van der Waals surface area contributed by atoms with E-state index in [1.807, 2.05) is 42.2 Å². The van der Waals surface area contributed by atoms with E-state index in [1.54, 1.807) is 6.08 Å². The highest BCUT2D eigenvalue weighted by Crippen LogP contribution is 2.16. The smallest absolute Gasteiger partial charge is 0.253 e. The second-order valence-corrected chi connectivity index (χ2v) is 6.13. The zero-order chi connectivity index (χ0) is 17.6. The summed E-state index contributed by atoms with van der Waals surface area (Å²) in [6.07, 6.45) is 1.69. The highest BCUT2D eigenvalue weighted by atomic mass is 16.5. The van der Waals surface area contributed by atoms with Crippen molar-refractivity contribution < 1.29 is 14.1 Å². The van der Waals surface area contributed by atoms with E-state index in [0.29, 0.717) is 25.3 Å². The monoisotopic (exact) mass is 341 g/mol. The molecule has 2 heterocycles. The van der Waals surface area contributed by atoms with Crippen molar-refractivity contribution in [3.05, 3.63) is 60.0 Å². The number of benzene rings is 1. The lowest BCUT2D eigenvalue weighted by molar-refractivity contribution is 0.0617. The lowest BCUT2D eigenvalue weighted by Crippen LogP contribution is -2.48. The largest absolute Gasteiger partial charge is 0.490 e. The molecule has 1 saturated heterocycles. The minimum absolute atomic E-state index is 0.0606. The fourth-order valence-corrected chi connectivity index (χ4v) is 2.85. The number of aromatic nitrogens is 1. The molecule has 25 heavy (non-hydrogen) atoms. The van der Waals surface area contributed by atoms with Gasteiger partial charge in [0.1, 0.15) is 12.4 Å². The average Bonchev–Trinajstić information content (AvgIpc) is 3.05. The maximum atomic E-state index is 12.6. The van der Waals surface area contributed by atoms with Crippen LogP contribution in [0.4, 0.5) is 0 Å². The maximum Gasteiger partial charge on any atom is 0.253 e. The molecular weight excluding hydrogens is 318 g/mol. The Kier molecular flexibility index (Phi) is 5.50. The Morgan fingerprint density at radius 2 is 2.00 bits per heavy atom. The second-order valence-electron chi connectivity index (χ2n) is 6.13. The fraction of sp³-hybridized carbons (Fsp3) is 0.368. The fourth-order valence-electron chi connectivity index (χ4n) is 2.85. The highest BCUT2D eigenvalue weighted by Gasteiger charge is 2.22. The van der Waals surface area contributed by atoms with Gasteiger partial charge in [-0.2, -0.15) is 0 Å². The third kappa shape index (κ3) is 4.48. The van der Waals surface area contributed by atoms with Crippen LogP contribution < -0.4 is 4.74 Å². The topological polar surface area (TPSA) is 58.8 Å². The summed E-state index contributed by atoms with van der Waals surface area (Å²) >= 11 is 0. The molecule has 1 fully saturated rings. The molecule has 6 heteroatoms. The summed E-state index contributed by atoms with van der Waals surface area (Å²) < 4.78 is 10.7. The molecule has 6 nitrogen and oxygen atoms in total. The minimum atomic E-state index is 0.0606. The minimum Gasteiger partial charge on any atom is -0.490 e. The first kappa shape index (κ1) is 17.2. The summed E-state index contributed by atoms with van der Waals surface area (Å²) in [4.78, 5) is 16.8. The molecule has 1 aromatic heterocycles. The predicted molar refractivity (Wildman–Crippen MR) is 94.6 cm³/mol. The number of amides is 1. The van der Waals surface area contributed by atoms with Crippen LogP contribution in [-0.4, -0.2) is 53.6 Å². The van der Waals surface area contributed by atoms with Crippen LogP contribution in [0.25, 0.3) is 0 Å². The number of hydrogen-bond acceptors (Lipinski definition) is 5. The van der Waals surface area contributed by atoms with Crippen molar-refractivity contribution in [2.75, 3.05) is 32.8 Å². The van der Waals surface area contributed by atoms with Crippen LogP contribution in [0.1, 0.15) is 21.8 Å². The van der Waals surface area contributed by atoms with Crippen molar-refractivity contribution in [2.24, 2.45) is 0 Å². The molecule has 0 aliphatic carbocycles. The van der Waals surface area contributed by atoms with Crippen LogP contribution >= 0.6 is 0 Å². The molecule has 0 N–H and O–H groups in total. The van der Waals surface area contributed by atoms with Crippen molar-refractivity contribution in [1.29, 1.82) is 0 Å². The van der Waals surface area contributed by atoms with Gasteiger partial charge in [0, 0.05) is 37.8 Å². The lowest BCUT2D eigenvalue weighted by Gasteiger charge is -2.34. The normalized spacial score (nSPS) is 15.2. The summed E-state index contributed by atoms with van der Waals surface area (Å²) in [5.74, 6) is 1.67. The molecule has 3 rings (SSSR count). The van der Waals surface area contributed by atoms with E-state index in [2.05, 4.69) is 16.6 Å². The quantitative estimate of drug-likeness (QED) is 0.756. The van der Waals surface area contributed by atoms with Crippen molar-refractivity contribution >= 4 is 5.91 Å². The molecule has 0 unspecified atom stereocenters. The van der Waals surface area contributed by atoms with Crippen molar-refractivity contribution in [1.82, 2.24) is 15.0 Å². The molecule has 0 saturated carbocycles. The number of hydrogen-bond donors (Lipinski definition) is 0. The van der Waals surface area contributed by atoms with E-state index in [-0.39, 0.29) is 5.91 Å². The van der Waals surface area contributed by atoms with E-state index in [1.165, 1.54) is 0 Å². The first-order valence-electron chi connectivity index (χ1n) is 8.43. The SMILES string of the molecule is C=CCOc1ccc(C(=O)N2CCN(Cc3cc(C)no3)CC2)cc1. The van der Waals surface area contributed by atoms with E-state index < -0.39 is 0 Å². The Morgan fingerprint density at radius 1 is 1.28 bits per heavy atom. The van der Waals surface area contributed by atoms with Gasteiger partial charge in [0.2, 0.25) is 0 Å². The Labute approximate surface area is 147 Å². The number of piperazine rings is 1. The molecule has 1 aromatic carbocycles. The number of ether oxygens (including phenoxy) is 1. The van der Waals surface area contributed by atoms with Crippen molar-refractivity contribution in [3.63, 3.8) is 0 Å². The van der Waals surface area contributed by atoms with Gasteiger partial charge in [-0.3, -0.25) is 9.69 Å².